The Morgan fingerprint density at radius 1 is 1.46 bits per heavy atom. The molecular weight excluding hydrogens is 306 g/mol. The largest absolute Gasteiger partial charge is 0.367 e. The summed E-state index contributed by atoms with van der Waals surface area (Å²) in [6, 6.07) is 0.135. The van der Waals surface area contributed by atoms with Gasteiger partial charge in [-0.15, -0.1) is 0 Å². The predicted molar refractivity (Wildman–Crippen MR) is 89.9 cm³/mol. The number of amides is 1. The zero-order valence-electron chi connectivity index (χ0n) is 13.9. The first kappa shape index (κ1) is 15.2. The normalized spacial score (nSPS) is 20.7. The molecular formula is C16H23N7O. The molecule has 1 unspecified atom stereocenters. The van der Waals surface area contributed by atoms with Crippen LogP contribution < -0.4 is 15.5 Å². The lowest BCUT2D eigenvalue weighted by atomic mass is 10.0. The van der Waals surface area contributed by atoms with Gasteiger partial charge in [-0.05, 0) is 12.8 Å². The number of piperidine rings is 1. The van der Waals surface area contributed by atoms with E-state index in [1.807, 2.05) is 19.4 Å². The number of H-pyrrole nitrogens is 1. The molecule has 2 aliphatic heterocycles. The number of hydrogen-bond acceptors (Lipinski definition) is 5. The Kier molecular flexibility index (Phi) is 3.97. The molecule has 0 aliphatic carbocycles. The van der Waals surface area contributed by atoms with E-state index in [4.69, 9.17) is 0 Å². The van der Waals surface area contributed by atoms with Crippen molar-refractivity contribution in [2.75, 3.05) is 24.5 Å². The molecule has 2 aromatic heterocycles. The van der Waals surface area contributed by atoms with Crippen LogP contribution in [0.3, 0.4) is 0 Å². The van der Waals surface area contributed by atoms with Crippen LogP contribution in [0.15, 0.2) is 12.4 Å². The molecule has 1 fully saturated rings. The molecule has 0 saturated carbocycles. The van der Waals surface area contributed by atoms with Crippen LogP contribution in [0.4, 0.5) is 5.69 Å². The van der Waals surface area contributed by atoms with Crippen molar-refractivity contribution in [3.05, 3.63) is 29.3 Å². The zero-order chi connectivity index (χ0) is 16.5. The number of rotatable bonds is 3. The Morgan fingerprint density at radius 2 is 2.38 bits per heavy atom. The number of aryl methyl sites for hydroxylation is 1. The van der Waals surface area contributed by atoms with Gasteiger partial charge < -0.3 is 15.5 Å². The molecule has 2 aliphatic rings. The van der Waals surface area contributed by atoms with Crippen molar-refractivity contribution in [3.8, 4) is 0 Å². The van der Waals surface area contributed by atoms with Gasteiger partial charge in [0.05, 0.1) is 11.9 Å². The maximum Gasteiger partial charge on any atom is 0.272 e. The van der Waals surface area contributed by atoms with Crippen molar-refractivity contribution in [1.29, 1.82) is 0 Å². The van der Waals surface area contributed by atoms with Crippen LogP contribution in [0.5, 0.6) is 0 Å². The number of carbonyl (C=O) groups excluding carboxylic acids is 1. The van der Waals surface area contributed by atoms with E-state index in [1.54, 1.807) is 4.68 Å². The van der Waals surface area contributed by atoms with E-state index < -0.39 is 0 Å². The highest BCUT2D eigenvalue weighted by Crippen LogP contribution is 2.20. The van der Waals surface area contributed by atoms with Gasteiger partial charge in [0.25, 0.3) is 5.91 Å². The van der Waals surface area contributed by atoms with Crippen LogP contribution in [0.1, 0.15) is 34.6 Å². The number of aromatic nitrogens is 4. The molecule has 8 nitrogen and oxygen atoms in total. The molecule has 2 aromatic rings. The van der Waals surface area contributed by atoms with Crippen LogP contribution in [-0.2, 0) is 20.0 Å². The molecule has 0 aromatic carbocycles. The SMILES string of the molecule is Cn1cc(N2CCCC(NC(=O)c3n[nH]c4c3CNCC4)C2)cn1. The number of carbonyl (C=O) groups is 1. The van der Waals surface area contributed by atoms with Gasteiger partial charge in [0.15, 0.2) is 5.69 Å². The van der Waals surface area contributed by atoms with E-state index in [0.29, 0.717) is 12.2 Å². The molecule has 0 radical (unpaired) electrons. The van der Waals surface area contributed by atoms with Gasteiger partial charge in [0.1, 0.15) is 0 Å². The van der Waals surface area contributed by atoms with Crippen LogP contribution in [0.25, 0.3) is 0 Å². The monoisotopic (exact) mass is 329 g/mol. The molecule has 0 spiro atoms. The van der Waals surface area contributed by atoms with Crippen LogP contribution in [-0.4, -0.2) is 51.6 Å². The predicted octanol–water partition coefficient (Wildman–Crippen LogP) is 0.188. The Morgan fingerprint density at radius 3 is 3.21 bits per heavy atom. The third kappa shape index (κ3) is 2.89. The molecule has 1 saturated heterocycles. The van der Waals surface area contributed by atoms with E-state index in [2.05, 4.69) is 30.8 Å². The van der Waals surface area contributed by atoms with Crippen molar-refractivity contribution >= 4 is 11.6 Å². The standard InChI is InChI=1S/C16H23N7O/c1-22-10-12(7-18-22)23-6-2-3-11(9-23)19-16(24)15-13-8-17-5-4-14(13)20-21-15/h7,10-11,17H,2-6,8-9H2,1H3,(H,19,24)(H,20,21). The Labute approximate surface area is 140 Å². The fraction of sp³-hybridized carbons (Fsp3) is 0.562. The lowest BCUT2D eigenvalue weighted by Gasteiger charge is -2.33. The highest BCUT2D eigenvalue weighted by molar-refractivity contribution is 5.94. The zero-order valence-corrected chi connectivity index (χ0v) is 13.9. The number of hydrogen-bond donors (Lipinski definition) is 3. The van der Waals surface area contributed by atoms with Gasteiger partial charge in [-0.25, -0.2) is 0 Å². The molecule has 24 heavy (non-hydrogen) atoms. The third-order valence-electron chi connectivity index (χ3n) is 4.83. The summed E-state index contributed by atoms with van der Waals surface area (Å²) in [7, 11) is 1.92. The van der Waals surface area contributed by atoms with E-state index in [9.17, 15) is 4.79 Å². The first-order chi connectivity index (χ1) is 11.7. The second-order valence-electron chi connectivity index (χ2n) is 6.59. The highest BCUT2D eigenvalue weighted by atomic mass is 16.2. The molecule has 3 N–H and O–H groups in total. The van der Waals surface area contributed by atoms with Crippen molar-refractivity contribution in [1.82, 2.24) is 30.6 Å². The smallest absolute Gasteiger partial charge is 0.272 e. The van der Waals surface area contributed by atoms with Crippen molar-refractivity contribution in [3.63, 3.8) is 0 Å². The fourth-order valence-corrected chi connectivity index (χ4v) is 3.57. The summed E-state index contributed by atoms with van der Waals surface area (Å²) in [6.07, 6.45) is 6.83. The Balaban J connectivity index is 1.43. The molecule has 8 heteroatoms. The first-order valence-electron chi connectivity index (χ1n) is 8.52. The average molecular weight is 329 g/mol. The van der Waals surface area contributed by atoms with E-state index >= 15 is 0 Å². The second-order valence-corrected chi connectivity index (χ2v) is 6.59. The topological polar surface area (TPSA) is 90.9 Å². The third-order valence-corrected chi connectivity index (χ3v) is 4.83. The van der Waals surface area contributed by atoms with Gasteiger partial charge in [-0.1, -0.05) is 0 Å². The summed E-state index contributed by atoms with van der Waals surface area (Å²) in [5.74, 6) is -0.0748. The Hall–Kier alpha value is -2.35. The minimum atomic E-state index is -0.0748. The van der Waals surface area contributed by atoms with E-state index in [0.717, 1.165) is 55.8 Å². The van der Waals surface area contributed by atoms with Crippen molar-refractivity contribution in [2.45, 2.75) is 31.8 Å². The molecule has 0 bridgehead atoms. The number of nitrogens with zero attached hydrogens (tertiary/aromatic N) is 4. The average Bonchev–Trinajstić information content (AvgIpc) is 3.21. The first-order valence-corrected chi connectivity index (χ1v) is 8.52. The number of aromatic amines is 1. The van der Waals surface area contributed by atoms with Gasteiger partial charge in [0, 0.05) is 63.1 Å². The lowest BCUT2D eigenvalue weighted by molar-refractivity contribution is 0.0927. The molecule has 4 rings (SSSR count). The van der Waals surface area contributed by atoms with Crippen LogP contribution >= 0.6 is 0 Å². The molecule has 1 atom stereocenters. The number of fused-ring (bicyclic) bond motifs is 1. The van der Waals surface area contributed by atoms with Gasteiger partial charge in [-0.3, -0.25) is 14.6 Å². The summed E-state index contributed by atoms with van der Waals surface area (Å²) in [5, 5.41) is 17.9. The summed E-state index contributed by atoms with van der Waals surface area (Å²) in [6.45, 7) is 3.45. The summed E-state index contributed by atoms with van der Waals surface area (Å²) >= 11 is 0. The highest BCUT2D eigenvalue weighted by Gasteiger charge is 2.26. The molecule has 4 heterocycles. The second kappa shape index (κ2) is 6.27. The molecule has 128 valence electrons. The summed E-state index contributed by atoms with van der Waals surface area (Å²) < 4.78 is 1.81. The van der Waals surface area contributed by atoms with Crippen molar-refractivity contribution < 1.29 is 4.79 Å². The maximum atomic E-state index is 12.6. The van der Waals surface area contributed by atoms with E-state index in [1.165, 1.54) is 0 Å². The quantitative estimate of drug-likeness (QED) is 0.748. The van der Waals surface area contributed by atoms with Gasteiger partial charge >= 0.3 is 0 Å². The van der Waals surface area contributed by atoms with Crippen LogP contribution in [0.2, 0.25) is 0 Å². The van der Waals surface area contributed by atoms with E-state index in [-0.39, 0.29) is 11.9 Å². The molecule has 1 amide bonds. The Bertz CT molecular complexity index is 735. The van der Waals surface area contributed by atoms with Crippen LogP contribution in [0, 0.1) is 0 Å². The summed E-state index contributed by atoms with van der Waals surface area (Å²) in [5.41, 5.74) is 3.74. The summed E-state index contributed by atoms with van der Waals surface area (Å²) in [4.78, 5) is 14.9. The lowest BCUT2D eigenvalue weighted by Crippen LogP contribution is -2.48. The minimum Gasteiger partial charge on any atom is -0.367 e. The minimum absolute atomic E-state index is 0.0748. The maximum absolute atomic E-state index is 12.6. The fourth-order valence-electron chi connectivity index (χ4n) is 3.57. The number of nitrogens with one attached hydrogen (secondary N) is 3. The van der Waals surface area contributed by atoms with Crippen molar-refractivity contribution in [2.24, 2.45) is 7.05 Å². The number of anilines is 1. The van der Waals surface area contributed by atoms with Gasteiger partial charge in [0.2, 0.25) is 0 Å². The van der Waals surface area contributed by atoms with Gasteiger partial charge in [-0.2, -0.15) is 10.2 Å².